The Balaban J connectivity index is 1.22. The maximum atomic E-state index is 14.2. The number of hydrogen-bond donors (Lipinski definition) is 0. The molecule has 0 N–H and O–H groups in total. The van der Waals surface area contributed by atoms with Crippen molar-refractivity contribution in [2.45, 2.75) is 0 Å². The van der Waals surface area contributed by atoms with Crippen molar-refractivity contribution in [2.75, 3.05) is 0 Å². The summed E-state index contributed by atoms with van der Waals surface area (Å²) in [5, 5.41) is 3.72. The number of ether oxygens (including phenoxy) is 1. The zero-order chi connectivity index (χ0) is 27.2. The molecule has 3 heterocycles. The van der Waals surface area contributed by atoms with Crippen molar-refractivity contribution in [3.05, 3.63) is 133 Å². The average Bonchev–Trinajstić information content (AvgIpc) is 3.51. The number of hydrogen-bond acceptors (Lipinski definition) is 1. The van der Waals surface area contributed by atoms with Gasteiger partial charge in [-0.15, -0.1) is 0 Å². The lowest BCUT2D eigenvalue weighted by molar-refractivity contribution is 0.478. The lowest BCUT2D eigenvalue weighted by atomic mass is 10.0. The molecule has 0 unspecified atom stereocenters. The molecule has 0 saturated carbocycles. The number of aromatic nitrogens is 2. The predicted molar refractivity (Wildman–Crippen MR) is 161 cm³/mol. The number of halogens is 2. The molecule has 0 fully saturated rings. The van der Waals surface area contributed by atoms with Gasteiger partial charge in [0.2, 0.25) is 0 Å². The first-order valence-corrected chi connectivity index (χ1v) is 13.5. The summed E-state index contributed by atoms with van der Waals surface area (Å²) in [5.41, 5.74) is 7.76. The standard InChI is InChI=1S/C36H20F2N2O/c37-22-13-17-31-28(19-22)29-20-23(38)14-18-32(29)39(31)24-15-11-21(12-16-24)25-6-3-9-33-36(25)41-34-10-4-7-27-26-5-1-2-8-30(26)40(33)35(27)34/h1-20H. The summed E-state index contributed by atoms with van der Waals surface area (Å²) < 4.78 is 39.3. The first-order chi connectivity index (χ1) is 20.2. The van der Waals surface area contributed by atoms with Crippen LogP contribution in [0.25, 0.3) is 66.1 Å². The molecule has 0 amide bonds. The minimum atomic E-state index is -0.348. The van der Waals surface area contributed by atoms with Crippen LogP contribution in [-0.4, -0.2) is 9.13 Å². The SMILES string of the molecule is Fc1ccc2c(c1)c1cc(F)ccc1n2-c1ccc(-c2cccc3c2Oc2cccc4c5ccccc5n-3c24)cc1. The summed E-state index contributed by atoms with van der Waals surface area (Å²) in [7, 11) is 0. The molecule has 0 saturated heterocycles. The van der Waals surface area contributed by atoms with Crippen LogP contribution in [0.2, 0.25) is 0 Å². The summed E-state index contributed by atoms with van der Waals surface area (Å²) in [6, 6.07) is 38.4. The maximum Gasteiger partial charge on any atom is 0.159 e. The first kappa shape index (κ1) is 22.4. The van der Waals surface area contributed by atoms with Crippen LogP contribution < -0.4 is 4.74 Å². The van der Waals surface area contributed by atoms with Crippen molar-refractivity contribution in [2.24, 2.45) is 0 Å². The Morgan fingerprint density at radius 1 is 0.512 bits per heavy atom. The average molecular weight is 535 g/mol. The molecule has 6 aromatic carbocycles. The minimum absolute atomic E-state index is 0.348. The van der Waals surface area contributed by atoms with Crippen LogP contribution in [0.4, 0.5) is 8.78 Å². The molecule has 0 atom stereocenters. The smallest absolute Gasteiger partial charge is 0.159 e. The van der Waals surface area contributed by atoms with E-state index in [4.69, 9.17) is 4.74 Å². The van der Waals surface area contributed by atoms with Crippen LogP contribution in [0.1, 0.15) is 0 Å². The molecule has 0 aliphatic carbocycles. The van der Waals surface area contributed by atoms with E-state index in [9.17, 15) is 8.78 Å². The molecule has 0 spiro atoms. The number of benzene rings is 6. The molecular weight excluding hydrogens is 514 g/mol. The van der Waals surface area contributed by atoms with Gasteiger partial charge in [0.1, 0.15) is 11.6 Å². The number of nitrogens with zero attached hydrogens (tertiary/aromatic N) is 2. The largest absolute Gasteiger partial charge is 0.452 e. The predicted octanol–water partition coefficient (Wildman–Crippen LogP) is 9.93. The highest BCUT2D eigenvalue weighted by Crippen LogP contribution is 2.48. The van der Waals surface area contributed by atoms with E-state index in [0.717, 1.165) is 56.1 Å². The Kier molecular flexibility index (Phi) is 4.40. The van der Waals surface area contributed by atoms with Crippen LogP contribution in [0.3, 0.4) is 0 Å². The van der Waals surface area contributed by atoms with Gasteiger partial charge in [0.15, 0.2) is 11.5 Å². The molecule has 0 radical (unpaired) electrons. The molecule has 2 aromatic heterocycles. The second-order valence-electron chi connectivity index (χ2n) is 10.5. The van der Waals surface area contributed by atoms with Gasteiger partial charge >= 0.3 is 0 Å². The fraction of sp³-hybridized carbons (Fsp3) is 0. The van der Waals surface area contributed by atoms with E-state index in [-0.39, 0.29) is 11.6 Å². The summed E-state index contributed by atoms with van der Waals surface area (Å²) in [4.78, 5) is 0. The summed E-state index contributed by atoms with van der Waals surface area (Å²) in [6.07, 6.45) is 0. The van der Waals surface area contributed by atoms with E-state index in [1.54, 1.807) is 12.1 Å². The third kappa shape index (κ3) is 3.06. The highest BCUT2D eigenvalue weighted by molar-refractivity contribution is 6.12. The molecule has 1 aliphatic rings. The van der Waals surface area contributed by atoms with Crippen LogP contribution in [-0.2, 0) is 0 Å². The van der Waals surface area contributed by atoms with Crippen LogP contribution in [0, 0.1) is 11.6 Å². The van der Waals surface area contributed by atoms with Gasteiger partial charge in [0.25, 0.3) is 0 Å². The Morgan fingerprint density at radius 3 is 1.93 bits per heavy atom. The van der Waals surface area contributed by atoms with Crippen molar-refractivity contribution in [1.82, 2.24) is 9.13 Å². The molecule has 9 rings (SSSR count). The van der Waals surface area contributed by atoms with Gasteiger partial charge < -0.3 is 13.9 Å². The second kappa shape index (κ2) is 8.05. The molecule has 194 valence electrons. The van der Waals surface area contributed by atoms with Gasteiger partial charge in [-0.2, -0.15) is 0 Å². The van der Waals surface area contributed by atoms with Crippen molar-refractivity contribution in [3.63, 3.8) is 0 Å². The van der Waals surface area contributed by atoms with E-state index in [1.807, 2.05) is 28.8 Å². The third-order valence-electron chi connectivity index (χ3n) is 8.23. The molecule has 8 aromatic rings. The minimum Gasteiger partial charge on any atom is -0.452 e. The lowest BCUT2D eigenvalue weighted by Gasteiger charge is -2.23. The molecule has 41 heavy (non-hydrogen) atoms. The Bertz CT molecular complexity index is 2300. The monoisotopic (exact) mass is 534 g/mol. The number of para-hydroxylation sites is 3. The van der Waals surface area contributed by atoms with Gasteiger partial charge in [-0.05, 0) is 72.3 Å². The molecule has 1 aliphatic heterocycles. The normalized spacial score (nSPS) is 12.3. The Morgan fingerprint density at radius 2 is 1.17 bits per heavy atom. The second-order valence-corrected chi connectivity index (χ2v) is 10.5. The summed E-state index contributed by atoms with van der Waals surface area (Å²) >= 11 is 0. The third-order valence-corrected chi connectivity index (χ3v) is 8.23. The van der Waals surface area contributed by atoms with Gasteiger partial charge in [-0.25, -0.2) is 8.78 Å². The van der Waals surface area contributed by atoms with Gasteiger partial charge in [-0.3, -0.25) is 0 Å². The van der Waals surface area contributed by atoms with Crippen molar-refractivity contribution in [1.29, 1.82) is 0 Å². The molecule has 3 nitrogen and oxygen atoms in total. The van der Waals surface area contributed by atoms with Gasteiger partial charge in [-0.1, -0.05) is 54.6 Å². The summed E-state index contributed by atoms with van der Waals surface area (Å²) in [6.45, 7) is 0. The number of fused-ring (bicyclic) bond motifs is 8. The molecule has 0 bridgehead atoms. The lowest BCUT2D eigenvalue weighted by Crippen LogP contribution is -2.05. The molecule has 5 heteroatoms. The van der Waals surface area contributed by atoms with Crippen molar-refractivity contribution in [3.8, 4) is 34.0 Å². The highest BCUT2D eigenvalue weighted by atomic mass is 19.1. The van der Waals surface area contributed by atoms with E-state index in [0.29, 0.717) is 10.8 Å². The van der Waals surface area contributed by atoms with E-state index < -0.39 is 0 Å². The quantitative estimate of drug-likeness (QED) is 0.216. The fourth-order valence-electron chi connectivity index (χ4n) is 6.50. The van der Waals surface area contributed by atoms with Crippen LogP contribution >= 0.6 is 0 Å². The number of rotatable bonds is 2. The first-order valence-electron chi connectivity index (χ1n) is 13.5. The van der Waals surface area contributed by atoms with E-state index >= 15 is 0 Å². The van der Waals surface area contributed by atoms with E-state index in [2.05, 4.69) is 65.2 Å². The molecular formula is C36H20F2N2O. The highest BCUT2D eigenvalue weighted by Gasteiger charge is 2.25. The fourth-order valence-corrected chi connectivity index (χ4v) is 6.50. The Hall–Kier alpha value is -5.42. The van der Waals surface area contributed by atoms with Crippen molar-refractivity contribution >= 4 is 43.6 Å². The summed E-state index contributed by atoms with van der Waals surface area (Å²) in [5.74, 6) is 0.947. The zero-order valence-corrected chi connectivity index (χ0v) is 21.6. The van der Waals surface area contributed by atoms with Gasteiger partial charge in [0.05, 0.1) is 27.8 Å². The topological polar surface area (TPSA) is 19.1 Å². The Labute approximate surface area is 233 Å². The van der Waals surface area contributed by atoms with Crippen molar-refractivity contribution < 1.29 is 13.5 Å². The van der Waals surface area contributed by atoms with Crippen LogP contribution in [0.15, 0.2) is 121 Å². The van der Waals surface area contributed by atoms with E-state index in [1.165, 1.54) is 35.0 Å². The van der Waals surface area contributed by atoms with Gasteiger partial charge in [0, 0.05) is 32.8 Å². The zero-order valence-electron chi connectivity index (χ0n) is 21.6. The van der Waals surface area contributed by atoms with Crippen LogP contribution in [0.5, 0.6) is 11.5 Å². The maximum absolute atomic E-state index is 14.2.